The van der Waals surface area contributed by atoms with Gasteiger partial charge in [0.15, 0.2) is 0 Å². The normalized spacial score (nSPS) is 10.5. The van der Waals surface area contributed by atoms with Crippen molar-refractivity contribution in [3.63, 3.8) is 0 Å². The molecule has 2 amide bonds. The number of anilines is 2. The van der Waals surface area contributed by atoms with Crippen LogP contribution in [0.1, 0.15) is 27.0 Å². The maximum absolute atomic E-state index is 13.5. The van der Waals surface area contributed by atoms with Crippen LogP contribution in [0.25, 0.3) is 0 Å². The molecule has 182 valence electrons. The molecule has 0 saturated carbocycles. The summed E-state index contributed by atoms with van der Waals surface area (Å²) in [6.07, 6.45) is 0.149. The number of hydrogen-bond donors (Lipinski definition) is 1. The molecule has 0 aliphatic carbocycles. The Morgan fingerprint density at radius 1 is 0.861 bits per heavy atom. The van der Waals surface area contributed by atoms with Crippen molar-refractivity contribution in [3.8, 4) is 5.75 Å². The van der Waals surface area contributed by atoms with Gasteiger partial charge in [-0.2, -0.15) is 0 Å². The van der Waals surface area contributed by atoms with Gasteiger partial charge in [-0.15, -0.1) is 0 Å². The maximum Gasteiger partial charge on any atom is 0.258 e. The SMILES string of the molecule is COc1ccccc1CN(C(=O)c1ccc(C)cc1)c1ccc(CC(=O)Nc2ccc(F)cc2)cc1. The van der Waals surface area contributed by atoms with Crippen LogP contribution >= 0.6 is 0 Å². The van der Waals surface area contributed by atoms with Crippen molar-refractivity contribution in [3.05, 3.63) is 125 Å². The Bertz CT molecular complexity index is 1330. The Labute approximate surface area is 210 Å². The number of para-hydroxylation sites is 1. The van der Waals surface area contributed by atoms with E-state index in [4.69, 9.17) is 4.74 Å². The Morgan fingerprint density at radius 3 is 2.19 bits per heavy atom. The molecule has 0 aromatic heterocycles. The lowest BCUT2D eigenvalue weighted by Gasteiger charge is -2.24. The van der Waals surface area contributed by atoms with Gasteiger partial charge in [0.25, 0.3) is 5.91 Å². The first-order valence-corrected chi connectivity index (χ1v) is 11.6. The zero-order valence-corrected chi connectivity index (χ0v) is 20.2. The molecule has 0 saturated heterocycles. The molecule has 1 N–H and O–H groups in total. The molecule has 0 heterocycles. The zero-order valence-electron chi connectivity index (χ0n) is 20.2. The molecule has 0 aliphatic rings. The largest absolute Gasteiger partial charge is 0.496 e. The van der Waals surface area contributed by atoms with Crippen LogP contribution in [0.15, 0.2) is 97.1 Å². The quantitative estimate of drug-likeness (QED) is 0.327. The van der Waals surface area contributed by atoms with Gasteiger partial charge in [-0.25, -0.2) is 4.39 Å². The molecule has 5 nitrogen and oxygen atoms in total. The molecule has 4 rings (SSSR count). The Kier molecular flexibility index (Phi) is 7.75. The molecule has 0 unspecified atom stereocenters. The van der Waals surface area contributed by atoms with Gasteiger partial charge in [0.1, 0.15) is 11.6 Å². The van der Waals surface area contributed by atoms with E-state index in [1.165, 1.54) is 24.3 Å². The van der Waals surface area contributed by atoms with Gasteiger partial charge in [-0.05, 0) is 67.1 Å². The summed E-state index contributed by atoms with van der Waals surface area (Å²) in [7, 11) is 1.61. The van der Waals surface area contributed by atoms with E-state index >= 15 is 0 Å². The van der Waals surface area contributed by atoms with Gasteiger partial charge < -0.3 is 15.0 Å². The summed E-state index contributed by atoms with van der Waals surface area (Å²) < 4.78 is 18.6. The first kappa shape index (κ1) is 24.7. The molecule has 36 heavy (non-hydrogen) atoms. The van der Waals surface area contributed by atoms with Crippen LogP contribution in [-0.4, -0.2) is 18.9 Å². The minimum Gasteiger partial charge on any atom is -0.496 e. The zero-order chi connectivity index (χ0) is 25.5. The lowest BCUT2D eigenvalue weighted by molar-refractivity contribution is -0.115. The van der Waals surface area contributed by atoms with E-state index in [1.54, 1.807) is 12.0 Å². The average molecular weight is 483 g/mol. The minimum absolute atomic E-state index is 0.136. The van der Waals surface area contributed by atoms with E-state index in [-0.39, 0.29) is 24.1 Å². The van der Waals surface area contributed by atoms with E-state index in [0.717, 1.165) is 16.7 Å². The lowest BCUT2D eigenvalue weighted by atomic mass is 10.1. The number of amides is 2. The Hall–Kier alpha value is -4.45. The van der Waals surface area contributed by atoms with Gasteiger partial charge in [0.05, 0.1) is 20.1 Å². The van der Waals surface area contributed by atoms with Crippen molar-refractivity contribution in [2.75, 3.05) is 17.3 Å². The predicted molar refractivity (Wildman–Crippen MR) is 140 cm³/mol. The second kappa shape index (κ2) is 11.3. The van der Waals surface area contributed by atoms with Crippen molar-refractivity contribution in [1.82, 2.24) is 0 Å². The molecule has 6 heteroatoms. The summed E-state index contributed by atoms with van der Waals surface area (Å²) in [6, 6.07) is 28.0. The number of halogens is 1. The van der Waals surface area contributed by atoms with E-state index in [9.17, 15) is 14.0 Å². The molecular formula is C30H27FN2O3. The molecule has 0 spiro atoms. The number of carbonyl (C=O) groups is 2. The second-order valence-corrected chi connectivity index (χ2v) is 8.47. The third-order valence-corrected chi connectivity index (χ3v) is 5.81. The van der Waals surface area contributed by atoms with E-state index in [0.29, 0.717) is 29.2 Å². The lowest BCUT2D eigenvalue weighted by Crippen LogP contribution is -2.30. The molecule has 0 radical (unpaired) electrons. The number of nitrogens with zero attached hydrogens (tertiary/aromatic N) is 1. The first-order chi connectivity index (χ1) is 17.4. The summed E-state index contributed by atoms with van der Waals surface area (Å²) in [5.74, 6) is -0.00610. The molecule has 0 fully saturated rings. The van der Waals surface area contributed by atoms with E-state index < -0.39 is 0 Å². The average Bonchev–Trinajstić information content (AvgIpc) is 2.89. The Balaban J connectivity index is 1.55. The summed E-state index contributed by atoms with van der Waals surface area (Å²) >= 11 is 0. The highest BCUT2D eigenvalue weighted by Crippen LogP contribution is 2.26. The number of methoxy groups -OCH3 is 1. The van der Waals surface area contributed by atoms with Crippen molar-refractivity contribution in [2.45, 2.75) is 19.9 Å². The fraction of sp³-hybridized carbons (Fsp3) is 0.133. The number of carbonyl (C=O) groups excluding carboxylic acids is 2. The number of hydrogen-bond acceptors (Lipinski definition) is 3. The fourth-order valence-corrected chi connectivity index (χ4v) is 3.85. The number of benzene rings is 4. The van der Waals surface area contributed by atoms with Crippen LogP contribution in [0, 0.1) is 12.7 Å². The standard InChI is InChI=1S/C30H27FN2O3/c1-21-7-11-23(12-8-21)30(35)33(20-24-5-3-4-6-28(24)36-2)27-17-9-22(10-18-27)19-29(34)32-26-15-13-25(31)14-16-26/h3-18H,19-20H2,1-2H3,(H,32,34). The summed E-state index contributed by atoms with van der Waals surface area (Å²) in [5, 5.41) is 2.76. The van der Waals surface area contributed by atoms with Crippen molar-refractivity contribution in [1.29, 1.82) is 0 Å². The molecule has 0 bridgehead atoms. The van der Waals surface area contributed by atoms with Crippen LogP contribution in [0.3, 0.4) is 0 Å². The number of aryl methyl sites for hydroxylation is 1. The third kappa shape index (κ3) is 6.16. The first-order valence-electron chi connectivity index (χ1n) is 11.6. The summed E-state index contributed by atoms with van der Waals surface area (Å²) in [6.45, 7) is 2.30. The molecule has 0 atom stereocenters. The van der Waals surface area contributed by atoms with Gasteiger partial charge in [-0.1, -0.05) is 48.0 Å². The molecule has 4 aromatic rings. The van der Waals surface area contributed by atoms with Crippen molar-refractivity contribution in [2.24, 2.45) is 0 Å². The summed E-state index contributed by atoms with van der Waals surface area (Å²) in [4.78, 5) is 27.7. The van der Waals surface area contributed by atoms with Crippen LogP contribution in [-0.2, 0) is 17.8 Å². The maximum atomic E-state index is 13.5. The minimum atomic E-state index is -0.360. The third-order valence-electron chi connectivity index (χ3n) is 5.81. The highest BCUT2D eigenvalue weighted by atomic mass is 19.1. The van der Waals surface area contributed by atoms with Gasteiger partial charge in [0, 0.05) is 22.5 Å². The number of rotatable bonds is 8. The van der Waals surface area contributed by atoms with Gasteiger partial charge in [0.2, 0.25) is 5.91 Å². The van der Waals surface area contributed by atoms with Gasteiger partial charge >= 0.3 is 0 Å². The van der Waals surface area contributed by atoms with Crippen molar-refractivity contribution >= 4 is 23.2 Å². The topological polar surface area (TPSA) is 58.6 Å². The highest BCUT2D eigenvalue weighted by molar-refractivity contribution is 6.06. The number of nitrogens with one attached hydrogen (secondary N) is 1. The molecule has 0 aliphatic heterocycles. The van der Waals surface area contributed by atoms with Gasteiger partial charge in [-0.3, -0.25) is 9.59 Å². The van der Waals surface area contributed by atoms with Crippen LogP contribution in [0.5, 0.6) is 5.75 Å². The van der Waals surface area contributed by atoms with Crippen LogP contribution < -0.4 is 15.0 Å². The second-order valence-electron chi connectivity index (χ2n) is 8.47. The molecule has 4 aromatic carbocycles. The van der Waals surface area contributed by atoms with E-state index in [2.05, 4.69) is 5.32 Å². The fourth-order valence-electron chi connectivity index (χ4n) is 3.85. The smallest absolute Gasteiger partial charge is 0.258 e. The molecular weight excluding hydrogens is 455 g/mol. The summed E-state index contributed by atoms with van der Waals surface area (Å²) in [5.41, 5.74) is 4.56. The van der Waals surface area contributed by atoms with Crippen molar-refractivity contribution < 1.29 is 18.7 Å². The van der Waals surface area contributed by atoms with Crippen LogP contribution in [0.4, 0.5) is 15.8 Å². The van der Waals surface area contributed by atoms with Crippen LogP contribution in [0.2, 0.25) is 0 Å². The Morgan fingerprint density at radius 2 is 1.53 bits per heavy atom. The monoisotopic (exact) mass is 482 g/mol. The predicted octanol–water partition coefficient (Wildman–Crippen LogP) is 6.17. The highest BCUT2D eigenvalue weighted by Gasteiger charge is 2.20. The number of ether oxygens (including phenoxy) is 1. The van der Waals surface area contributed by atoms with E-state index in [1.807, 2.05) is 79.7 Å².